The van der Waals surface area contributed by atoms with Crippen LogP contribution in [0.15, 0.2) is 24.3 Å². The molecule has 102 valence electrons. The van der Waals surface area contributed by atoms with Gasteiger partial charge in [-0.25, -0.2) is 0 Å². The Balaban J connectivity index is 2.51. The Morgan fingerprint density at radius 1 is 1.22 bits per heavy atom. The maximum Gasteiger partial charge on any atom is 0.0509 e. The molecule has 0 aliphatic rings. The van der Waals surface area contributed by atoms with Crippen molar-refractivity contribution >= 4 is 0 Å². The van der Waals surface area contributed by atoms with Crippen LogP contribution < -0.4 is 5.32 Å². The van der Waals surface area contributed by atoms with Gasteiger partial charge in [0, 0.05) is 13.2 Å². The third-order valence-electron chi connectivity index (χ3n) is 3.19. The maximum atomic E-state index is 5.60. The molecule has 1 N–H and O–H groups in total. The van der Waals surface area contributed by atoms with E-state index >= 15 is 0 Å². The summed E-state index contributed by atoms with van der Waals surface area (Å²) in [5, 5.41) is 3.50. The fourth-order valence-corrected chi connectivity index (χ4v) is 2.11. The van der Waals surface area contributed by atoms with E-state index in [0.717, 1.165) is 32.7 Å². The lowest BCUT2D eigenvalue weighted by Gasteiger charge is -2.18. The average Bonchev–Trinajstić information content (AvgIpc) is 2.38. The summed E-state index contributed by atoms with van der Waals surface area (Å²) in [4.78, 5) is 0. The molecular weight excluding hydrogens is 222 g/mol. The van der Waals surface area contributed by atoms with Crippen LogP contribution in [-0.4, -0.2) is 26.3 Å². The van der Waals surface area contributed by atoms with Crippen LogP contribution in [0.25, 0.3) is 0 Å². The van der Waals surface area contributed by atoms with Crippen molar-refractivity contribution in [2.24, 2.45) is 5.92 Å². The summed E-state index contributed by atoms with van der Waals surface area (Å²) in [6.45, 7) is 10.2. The molecule has 1 aromatic carbocycles. The summed E-state index contributed by atoms with van der Waals surface area (Å²) in [6, 6.07) is 8.64. The van der Waals surface area contributed by atoms with Crippen molar-refractivity contribution in [3.63, 3.8) is 0 Å². The zero-order valence-corrected chi connectivity index (χ0v) is 12.0. The van der Waals surface area contributed by atoms with Gasteiger partial charge in [-0.1, -0.05) is 31.2 Å². The Morgan fingerprint density at radius 2 is 2.00 bits per heavy atom. The molecule has 0 fully saturated rings. The van der Waals surface area contributed by atoms with E-state index in [9.17, 15) is 0 Å². The van der Waals surface area contributed by atoms with E-state index < -0.39 is 0 Å². The monoisotopic (exact) mass is 249 g/mol. The summed E-state index contributed by atoms with van der Waals surface area (Å²) in [5.74, 6) is 0.567. The highest BCUT2D eigenvalue weighted by Gasteiger charge is 2.10. The number of aryl methyl sites for hydroxylation is 1. The molecule has 18 heavy (non-hydrogen) atoms. The minimum Gasteiger partial charge on any atom is -0.381 e. The van der Waals surface area contributed by atoms with Gasteiger partial charge in [-0.3, -0.25) is 0 Å². The maximum absolute atomic E-state index is 5.60. The number of nitrogens with one attached hydrogen (secondary N) is 1. The first kappa shape index (κ1) is 15.2. The molecule has 0 aromatic heterocycles. The normalized spacial score (nSPS) is 12.6. The van der Waals surface area contributed by atoms with Crippen LogP contribution in [0.1, 0.15) is 31.4 Å². The molecule has 0 amide bonds. The molecule has 0 spiro atoms. The quantitative estimate of drug-likeness (QED) is 0.679. The predicted molar refractivity (Wildman–Crippen MR) is 78.0 cm³/mol. The first-order valence-corrected chi connectivity index (χ1v) is 7.10. The van der Waals surface area contributed by atoms with Gasteiger partial charge in [0.25, 0.3) is 0 Å². The number of rotatable bonds is 9. The van der Waals surface area contributed by atoms with Crippen molar-refractivity contribution in [3.8, 4) is 0 Å². The molecule has 0 saturated heterocycles. The largest absolute Gasteiger partial charge is 0.381 e. The van der Waals surface area contributed by atoms with Crippen molar-refractivity contribution in [3.05, 3.63) is 35.4 Å². The van der Waals surface area contributed by atoms with Crippen LogP contribution in [0.3, 0.4) is 0 Å². The standard InChI is InChI=1S/C16H27NO/c1-4-10-17-12-15(13-18-5-2)11-16-9-7-6-8-14(16)3/h6-9,15,17H,4-5,10-13H2,1-3H3. The summed E-state index contributed by atoms with van der Waals surface area (Å²) < 4.78 is 5.60. The van der Waals surface area contributed by atoms with Gasteiger partial charge in [0.15, 0.2) is 0 Å². The number of benzene rings is 1. The van der Waals surface area contributed by atoms with Crippen molar-refractivity contribution in [1.82, 2.24) is 5.32 Å². The number of ether oxygens (including phenoxy) is 1. The average molecular weight is 249 g/mol. The van der Waals surface area contributed by atoms with Crippen molar-refractivity contribution in [2.75, 3.05) is 26.3 Å². The second-order valence-corrected chi connectivity index (χ2v) is 4.86. The molecule has 0 bridgehead atoms. The van der Waals surface area contributed by atoms with E-state index in [0.29, 0.717) is 5.92 Å². The summed E-state index contributed by atoms with van der Waals surface area (Å²) in [7, 11) is 0. The van der Waals surface area contributed by atoms with E-state index in [1.807, 2.05) is 0 Å². The van der Waals surface area contributed by atoms with E-state index in [2.05, 4.69) is 50.4 Å². The fraction of sp³-hybridized carbons (Fsp3) is 0.625. The Morgan fingerprint density at radius 3 is 2.67 bits per heavy atom. The Bertz CT molecular complexity index is 325. The zero-order valence-electron chi connectivity index (χ0n) is 12.0. The third kappa shape index (κ3) is 5.65. The molecule has 0 saturated carbocycles. The lowest BCUT2D eigenvalue weighted by molar-refractivity contribution is 0.109. The van der Waals surface area contributed by atoms with Crippen LogP contribution in [0, 0.1) is 12.8 Å². The van der Waals surface area contributed by atoms with Crippen molar-refractivity contribution < 1.29 is 4.74 Å². The minimum absolute atomic E-state index is 0.567. The van der Waals surface area contributed by atoms with Gasteiger partial charge in [-0.05, 0) is 50.3 Å². The highest BCUT2D eigenvalue weighted by molar-refractivity contribution is 5.25. The topological polar surface area (TPSA) is 21.3 Å². The smallest absolute Gasteiger partial charge is 0.0509 e. The molecule has 1 rings (SSSR count). The van der Waals surface area contributed by atoms with E-state index in [1.54, 1.807) is 0 Å². The molecule has 2 nitrogen and oxygen atoms in total. The van der Waals surface area contributed by atoms with Gasteiger partial charge in [0.1, 0.15) is 0 Å². The highest BCUT2D eigenvalue weighted by atomic mass is 16.5. The Hall–Kier alpha value is -0.860. The summed E-state index contributed by atoms with van der Waals surface area (Å²) in [5.41, 5.74) is 2.83. The second kappa shape index (κ2) is 9.12. The lowest BCUT2D eigenvalue weighted by atomic mass is 9.96. The van der Waals surface area contributed by atoms with E-state index in [1.165, 1.54) is 17.5 Å². The SMILES string of the molecule is CCCNCC(COCC)Cc1ccccc1C. The zero-order chi connectivity index (χ0) is 13.2. The van der Waals surface area contributed by atoms with Crippen LogP contribution >= 0.6 is 0 Å². The third-order valence-corrected chi connectivity index (χ3v) is 3.19. The lowest BCUT2D eigenvalue weighted by Crippen LogP contribution is -2.28. The molecule has 1 aromatic rings. The molecule has 1 atom stereocenters. The second-order valence-electron chi connectivity index (χ2n) is 4.86. The van der Waals surface area contributed by atoms with Crippen LogP contribution in [0.5, 0.6) is 0 Å². The Kier molecular flexibility index (Phi) is 7.70. The van der Waals surface area contributed by atoms with Crippen molar-refractivity contribution in [2.45, 2.75) is 33.6 Å². The van der Waals surface area contributed by atoms with E-state index in [4.69, 9.17) is 4.74 Å². The minimum atomic E-state index is 0.567. The van der Waals surface area contributed by atoms with Crippen molar-refractivity contribution in [1.29, 1.82) is 0 Å². The number of hydrogen-bond donors (Lipinski definition) is 1. The molecule has 0 heterocycles. The first-order chi connectivity index (χ1) is 8.77. The molecule has 0 radical (unpaired) electrons. The van der Waals surface area contributed by atoms with Gasteiger partial charge in [0.05, 0.1) is 6.61 Å². The Labute approximate surface area is 112 Å². The van der Waals surface area contributed by atoms with Gasteiger partial charge in [0.2, 0.25) is 0 Å². The molecular formula is C16H27NO. The summed E-state index contributed by atoms with van der Waals surface area (Å²) >= 11 is 0. The van der Waals surface area contributed by atoms with Gasteiger partial charge >= 0.3 is 0 Å². The summed E-state index contributed by atoms with van der Waals surface area (Å²) in [6.07, 6.45) is 2.29. The molecule has 0 aliphatic carbocycles. The van der Waals surface area contributed by atoms with Crippen LogP contribution in [-0.2, 0) is 11.2 Å². The fourth-order valence-electron chi connectivity index (χ4n) is 2.11. The molecule has 1 unspecified atom stereocenters. The highest BCUT2D eigenvalue weighted by Crippen LogP contribution is 2.13. The first-order valence-electron chi connectivity index (χ1n) is 7.10. The van der Waals surface area contributed by atoms with Crippen LogP contribution in [0.2, 0.25) is 0 Å². The molecule has 0 aliphatic heterocycles. The predicted octanol–water partition coefficient (Wildman–Crippen LogP) is 3.19. The molecule has 2 heteroatoms. The van der Waals surface area contributed by atoms with E-state index in [-0.39, 0.29) is 0 Å². The van der Waals surface area contributed by atoms with Gasteiger partial charge < -0.3 is 10.1 Å². The number of hydrogen-bond acceptors (Lipinski definition) is 2. The van der Waals surface area contributed by atoms with Gasteiger partial charge in [-0.15, -0.1) is 0 Å². The van der Waals surface area contributed by atoms with Crippen LogP contribution in [0.4, 0.5) is 0 Å². The van der Waals surface area contributed by atoms with Gasteiger partial charge in [-0.2, -0.15) is 0 Å².